The van der Waals surface area contributed by atoms with Gasteiger partial charge in [0.1, 0.15) is 5.65 Å². The van der Waals surface area contributed by atoms with E-state index in [9.17, 15) is 13.6 Å². The summed E-state index contributed by atoms with van der Waals surface area (Å²) in [6.07, 6.45) is 4.34. The number of nitrogens with one attached hydrogen (secondary N) is 2. The summed E-state index contributed by atoms with van der Waals surface area (Å²) < 4.78 is 28.2. The number of pyridine rings is 1. The summed E-state index contributed by atoms with van der Waals surface area (Å²) >= 11 is 0. The first kappa shape index (κ1) is 17.3. The zero-order valence-corrected chi connectivity index (χ0v) is 14.5. The lowest BCUT2D eigenvalue weighted by molar-refractivity contribution is 0.149. The summed E-state index contributed by atoms with van der Waals surface area (Å²) in [5, 5.41) is 7.11. The third-order valence-corrected chi connectivity index (χ3v) is 5.40. The van der Waals surface area contributed by atoms with Gasteiger partial charge in [-0.15, -0.1) is 0 Å². The summed E-state index contributed by atoms with van der Waals surface area (Å²) in [6.45, 7) is 1.88. The molecule has 0 amide bonds. The lowest BCUT2D eigenvalue weighted by atomic mass is 10.1. The van der Waals surface area contributed by atoms with Crippen molar-refractivity contribution in [3.63, 3.8) is 0 Å². The van der Waals surface area contributed by atoms with E-state index in [1.807, 2.05) is 0 Å². The minimum atomic E-state index is -2.80. The maximum Gasteiger partial charge on any atom is 0.269 e. The molecule has 26 heavy (non-hydrogen) atoms. The van der Waals surface area contributed by atoms with E-state index < -0.39 is 17.5 Å². The summed E-state index contributed by atoms with van der Waals surface area (Å²) in [6, 6.07) is 1.45. The largest absolute Gasteiger partial charge is 0.351 e. The molecule has 0 spiro atoms. The average Bonchev–Trinajstić information content (AvgIpc) is 3.16. The monoisotopic (exact) mass is 363 g/mol. The number of hydrogen-bond acceptors (Lipinski definition) is 5. The number of rotatable bonds is 4. The number of piperidine rings is 1. The van der Waals surface area contributed by atoms with Crippen molar-refractivity contribution < 1.29 is 8.78 Å². The Hall–Kier alpha value is -2.09. The SMILES string of the molecule is O=c1c(C(F)F)cc2cnc(NC3CCNCC3)nc2n1C1CCCC1. The number of alkyl halides is 2. The molecule has 8 heteroatoms. The van der Waals surface area contributed by atoms with Crippen LogP contribution in [0.1, 0.15) is 56.6 Å². The molecular formula is C18H23F2N5O. The predicted octanol–water partition coefficient (Wildman–Crippen LogP) is 3.01. The van der Waals surface area contributed by atoms with Gasteiger partial charge in [-0.25, -0.2) is 13.8 Å². The second kappa shape index (κ2) is 7.26. The molecule has 140 valence electrons. The number of nitrogens with zero attached hydrogens (tertiary/aromatic N) is 3. The average molecular weight is 363 g/mol. The normalized spacial score (nSPS) is 19.5. The third-order valence-electron chi connectivity index (χ3n) is 5.40. The van der Waals surface area contributed by atoms with Gasteiger partial charge in [0.05, 0.1) is 5.56 Å². The third kappa shape index (κ3) is 3.30. The zero-order chi connectivity index (χ0) is 18.1. The molecule has 0 bridgehead atoms. The lowest BCUT2D eigenvalue weighted by Gasteiger charge is -2.24. The van der Waals surface area contributed by atoms with Gasteiger partial charge in [0.15, 0.2) is 0 Å². The van der Waals surface area contributed by atoms with Gasteiger partial charge in [-0.1, -0.05) is 12.8 Å². The molecule has 1 aliphatic heterocycles. The van der Waals surface area contributed by atoms with E-state index in [-0.39, 0.29) is 12.1 Å². The first-order valence-corrected chi connectivity index (χ1v) is 9.31. The van der Waals surface area contributed by atoms with Gasteiger partial charge in [-0.3, -0.25) is 9.36 Å². The van der Waals surface area contributed by atoms with Crippen molar-refractivity contribution in [2.75, 3.05) is 18.4 Å². The quantitative estimate of drug-likeness (QED) is 0.874. The van der Waals surface area contributed by atoms with Gasteiger partial charge in [-0.05, 0) is 44.8 Å². The molecule has 0 aromatic carbocycles. The second-order valence-electron chi connectivity index (χ2n) is 7.15. The molecule has 4 rings (SSSR count). The maximum absolute atomic E-state index is 13.3. The van der Waals surface area contributed by atoms with Gasteiger partial charge in [-0.2, -0.15) is 4.98 Å². The fourth-order valence-corrected chi connectivity index (χ4v) is 4.02. The molecule has 6 nitrogen and oxygen atoms in total. The van der Waals surface area contributed by atoms with Crippen LogP contribution >= 0.6 is 0 Å². The standard InChI is InChI=1S/C18H23F2N5O/c19-15(20)14-9-11-10-22-18(23-12-5-7-21-8-6-12)24-16(11)25(17(14)26)13-3-1-2-4-13/h9-10,12-13,15,21H,1-8H2,(H,22,23,24). The smallest absolute Gasteiger partial charge is 0.269 e. The van der Waals surface area contributed by atoms with E-state index in [1.54, 1.807) is 6.20 Å². The summed E-state index contributed by atoms with van der Waals surface area (Å²) in [5.41, 5.74) is -0.629. The Labute approximate surface area is 150 Å². The maximum atomic E-state index is 13.3. The second-order valence-corrected chi connectivity index (χ2v) is 7.15. The number of fused-ring (bicyclic) bond motifs is 1. The highest BCUT2D eigenvalue weighted by atomic mass is 19.3. The van der Waals surface area contributed by atoms with Crippen molar-refractivity contribution in [3.8, 4) is 0 Å². The van der Waals surface area contributed by atoms with Crippen molar-refractivity contribution in [1.29, 1.82) is 0 Å². The molecule has 1 saturated heterocycles. The van der Waals surface area contributed by atoms with Crippen LogP contribution in [0.25, 0.3) is 11.0 Å². The minimum absolute atomic E-state index is 0.0645. The molecule has 2 aromatic heterocycles. The van der Waals surface area contributed by atoms with Crippen molar-refractivity contribution in [2.24, 2.45) is 0 Å². The first-order valence-electron chi connectivity index (χ1n) is 9.31. The zero-order valence-electron chi connectivity index (χ0n) is 14.5. The van der Waals surface area contributed by atoms with E-state index in [1.165, 1.54) is 10.6 Å². The molecule has 0 radical (unpaired) electrons. The Kier molecular flexibility index (Phi) is 4.84. The number of aromatic nitrogens is 3. The van der Waals surface area contributed by atoms with Gasteiger partial charge in [0, 0.05) is 23.7 Å². The molecular weight excluding hydrogens is 340 g/mol. The molecule has 0 unspecified atom stereocenters. The van der Waals surface area contributed by atoms with Gasteiger partial charge in [0.2, 0.25) is 5.95 Å². The van der Waals surface area contributed by atoms with E-state index >= 15 is 0 Å². The fourth-order valence-electron chi connectivity index (χ4n) is 4.02. The van der Waals surface area contributed by atoms with Crippen LogP contribution in [-0.2, 0) is 0 Å². The summed E-state index contributed by atoms with van der Waals surface area (Å²) in [5.74, 6) is 0.459. The van der Waals surface area contributed by atoms with Gasteiger partial charge in [0.25, 0.3) is 12.0 Å². The molecule has 2 aliphatic rings. The Bertz CT molecular complexity index is 841. The van der Waals surface area contributed by atoms with Crippen molar-refractivity contribution >= 4 is 17.0 Å². The molecule has 1 saturated carbocycles. The van der Waals surface area contributed by atoms with Crippen LogP contribution in [-0.4, -0.2) is 33.7 Å². The Morgan fingerprint density at radius 3 is 2.62 bits per heavy atom. The highest BCUT2D eigenvalue weighted by Gasteiger charge is 2.25. The predicted molar refractivity (Wildman–Crippen MR) is 95.8 cm³/mol. The summed E-state index contributed by atoms with van der Waals surface area (Å²) in [4.78, 5) is 21.6. The van der Waals surface area contributed by atoms with Crippen LogP contribution in [0.4, 0.5) is 14.7 Å². The van der Waals surface area contributed by atoms with Crippen LogP contribution in [0.3, 0.4) is 0 Å². The molecule has 2 fully saturated rings. The van der Waals surface area contributed by atoms with Crippen LogP contribution in [0.15, 0.2) is 17.1 Å². The fraction of sp³-hybridized carbons (Fsp3) is 0.611. The van der Waals surface area contributed by atoms with E-state index in [4.69, 9.17) is 0 Å². The minimum Gasteiger partial charge on any atom is -0.351 e. The first-order chi connectivity index (χ1) is 12.6. The van der Waals surface area contributed by atoms with Gasteiger partial charge >= 0.3 is 0 Å². The molecule has 2 aromatic rings. The van der Waals surface area contributed by atoms with Crippen LogP contribution in [0.5, 0.6) is 0 Å². The Morgan fingerprint density at radius 2 is 1.92 bits per heavy atom. The molecule has 3 heterocycles. The number of hydrogen-bond donors (Lipinski definition) is 2. The number of halogens is 2. The highest BCUT2D eigenvalue weighted by molar-refractivity contribution is 5.76. The lowest BCUT2D eigenvalue weighted by Crippen LogP contribution is -2.35. The van der Waals surface area contributed by atoms with Crippen molar-refractivity contribution in [1.82, 2.24) is 19.9 Å². The summed E-state index contributed by atoms with van der Waals surface area (Å²) in [7, 11) is 0. The van der Waals surface area contributed by atoms with Crippen molar-refractivity contribution in [3.05, 3.63) is 28.2 Å². The van der Waals surface area contributed by atoms with E-state index in [2.05, 4.69) is 20.6 Å². The van der Waals surface area contributed by atoms with Crippen LogP contribution < -0.4 is 16.2 Å². The van der Waals surface area contributed by atoms with Crippen LogP contribution in [0, 0.1) is 0 Å². The van der Waals surface area contributed by atoms with E-state index in [0.29, 0.717) is 17.0 Å². The topological polar surface area (TPSA) is 71.8 Å². The van der Waals surface area contributed by atoms with Crippen molar-refractivity contribution in [2.45, 2.75) is 57.0 Å². The Morgan fingerprint density at radius 1 is 1.19 bits per heavy atom. The molecule has 0 atom stereocenters. The molecule has 1 aliphatic carbocycles. The van der Waals surface area contributed by atoms with E-state index in [0.717, 1.165) is 51.6 Å². The highest BCUT2D eigenvalue weighted by Crippen LogP contribution is 2.31. The molecule has 2 N–H and O–H groups in total. The van der Waals surface area contributed by atoms with Crippen LogP contribution in [0.2, 0.25) is 0 Å². The van der Waals surface area contributed by atoms with Gasteiger partial charge < -0.3 is 10.6 Å². The Balaban J connectivity index is 1.78. The number of anilines is 1.